The van der Waals surface area contributed by atoms with Crippen molar-refractivity contribution in [1.29, 1.82) is 0 Å². The quantitative estimate of drug-likeness (QED) is 0.0419. The number of thioether (sulfide) groups is 1. The summed E-state index contributed by atoms with van der Waals surface area (Å²) in [7, 11) is 0. The minimum atomic E-state index is -1.79. The number of carbonyl (C=O) groups is 7. The van der Waals surface area contributed by atoms with E-state index in [-0.39, 0.29) is 48.0 Å². The molecule has 87 heavy (non-hydrogen) atoms. The predicted molar refractivity (Wildman–Crippen MR) is 309 cm³/mol. The maximum atomic E-state index is 14.8. The minimum Gasteiger partial charge on any atom is -0.457 e. The molecule has 4 heterocycles. The summed E-state index contributed by atoms with van der Waals surface area (Å²) < 4.78 is 72.7. The molecular formula is C67H57FN2O16S. The van der Waals surface area contributed by atoms with Gasteiger partial charge in [-0.2, -0.15) is 0 Å². The van der Waals surface area contributed by atoms with E-state index in [2.05, 4.69) is 0 Å². The van der Waals surface area contributed by atoms with Crippen LogP contribution in [-0.4, -0.2) is 132 Å². The highest BCUT2D eigenvalue weighted by Crippen LogP contribution is 2.46. The Hall–Kier alpha value is -8.89. The van der Waals surface area contributed by atoms with Crippen LogP contribution in [-0.2, 0) is 65.4 Å². The molecule has 0 N–H and O–H groups in total. The summed E-state index contributed by atoms with van der Waals surface area (Å²) in [5, 5.41) is 0. The van der Waals surface area contributed by atoms with Gasteiger partial charge in [-0.1, -0.05) is 145 Å². The Kier molecular flexibility index (Phi) is 17.2. The molecule has 0 spiro atoms. The van der Waals surface area contributed by atoms with E-state index < -0.39 is 121 Å². The largest absolute Gasteiger partial charge is 0.508 e. The van der Waals surface area contributed by atoms with Crippen LogP contribution in [0.1, 0.15) is 83.5 Å². The smallest absolute Gasteiger partial charge is 0.457 e. The van der Waals surface area contributed by atoms with Crippen LogP contribution < -0.4 is 0 Å². The van der Waals surface area contributed by atoms with Crippen LogP contribution in [0.15, 0.2) is 187 Å². The Bertz CT molecular complexity index is 3630. The Balaban J connectivity index is 0.915. The number of benzene rings is 7. The first kappa shape index (κ1) is 58.5. The number of halogens is 1. The molecule has 7 aromatic carbocycles. The Morgan fingerprint density at radius 3 is 1.36 bits per heavy atom. The van der Waals surface area contributed by atoms with Crippen molar-refractivity contribution in [1.82, 2.24) is 9.80 Å². The summed E-state index contributed by atoms with van der Waals surface area (Å²) in [6, 6.07) is 48.4. The monoisotopic (exact) mass is 1200 g/mol. The van der Waals surface area contributed by atoms with Gasteiger partial charge in [-0.15, -0.1) is 0 Å². The highest BCUT2D eigenvalue weighted by atomic mass is 32.2. The number of rotatable bonds is 19. The van der Waals surface area contributed by atoms with Gasteiger partial charge >= 0.3 is 18.1 Å². The lowest BCUT2D eigenvalue weighted by Gasteiger charge is -2.49. The van der Waals surface area contributed by atoms with E-state index in [1.165, 1.54) is 48.5 Å². The number of fused-ring (bicyclic) bond motifs is 5. The van der Waals surface area contributed by atoms with Gasteiger partial charge in [0.25, 0.3) is 23.6 Å². The zero-order valence-electron chi connectivity index (χ0n) is 46.9. The number of nitrogens with zero attached hydrogens (tertiary/aromatic N) is 2. The fourth-order valence-electron chi connectivity index (χ4n) is 12.0. The van der Waals surface area contributed by atoms with Gasteiger partial charge in [-0.3, -0.25) is 38.6 Å². The molecule has 1 aliphatic carbocycles. The van der Waals surface area contributed by atoms with E-state index in [4.69, 9.17) is 42.6 Å². The predicted octanol–water partition coefficient (Wildman–Crippen LogP) is 9.71. The van der Waals surface area contributed by atoms with Crippen molar-refractivity contribution in [2.75, 3.05) is 19.8 Å². The number of carbonyl (C=O) groups excluding carboxylic acids is 7. The SMILES string of the molecule is CC(=O)O[C@H]1[C@H](OCc2ccccc2)[C@@H](CO[C@@H]2O[C@H](COC(=O)OCC3c4ccccc4-c4ccccc43)[C@@H](OCc3ccccc3)[C@H](OC(C)=O)[C@H]2N2C(=O)c3ccccc3C2=O)O[C@@H](Sc2ccc(F)cc2)[C@@H]1N1C(=O)c2ccccc2C1=O. The first-order valence-corrected chi connectivity index (χ1v) is 29.1. The molecule has 0 bridgehead atoms. The standard InChI is InChI=1S/C67H57FN2O16S/c1-38(71)83-59-55(69-61(73)48-25-13-14-26-49(48)62(69)74)65(85-53(57(59)78-33-40-17-5-3-6-18-40)37-82-67(77)81-35-52-46-23-11-9-21-44(46)45-22-10-12-24-47(45)52)80-36-54-58(79-34-41-19-7-4-8-20-41)60(84-39(2)72)56(66(86-54)87-43-31-29-42(68)30-32-43)70-63(75)50-27-15-16-28-51(50)64(70)76/h3-32,52-60,65-66H,33-37H2,1-2H3/t53-,54-,55-,56-,57-,58-,59-,60-,65-,66+/m1/s1. The zero-order chi connectivity index (χ0) is 60.3. The molecule has 4 aliphatic heterocycles. The highest BCUT2D eigenvalue weighted by molar-refractivity contribution is 7.99. The minimum absolute atomic E-state index is 0.0411. The molecule has 18 nitrogen and oxygen atoms in total. The first-order chi connectivity index (χ1) is 42.3. The van der Waals surface area contributed by atoms with Crippen molar-refractivity contribution in [2.24, 2.45) is 0 Å². The third kappa shape index (κ3) is 12.0. The summed E-state index contributed by atoms with van der Waals surface area (Å²) in [4.78, 5) is 102. The van der Waals surface area contributed by atoms with Crippen LogP contribution in [0.5, 0.6) is 0 Å². The molecular weight excluding hydrogens is 1140 g/mol. The van der Waals surface area contributed by atoms with Gasteiger partial charge in [-0.25, -0.2) is 9.18 Å². The molecule has 2 fully saturated rings. The van der Waals surface area contributed by atoms with Crippen molar-refractivity contribution < 1.29 is 80.6 Å². The van der Waals surface area contributed by atoms with Gasteiger partial charge in [0.05, 0.1) is 42.1 Å². The van der Waals surface area contributed by atoms with Crippen molar-refractivity contribution >= 4 is 53.5 Å². The second-order valence-electron chi connectivity index (χ2n) is 21.3. The van der Waals surface area contributed by atoms with Crippen LogP contribution in [0.4, 0.5) is 9.18 Å². The number of amides is 4. The molecule has 10 atom stereocenters. The molecule has 7 aromatic rings. The fourth-order valence-corrected chi connectivity index (χ4v) is 13.2. The highest BCUT2D eigenvalue weighted by Gasteiger charge is 2.59. The maximum Gasteiger partial charge on any atom is 0.508 e. The lowest BCUT2D eigenvalue weighted by atomic mass is 9.94. The van der Waals surface area contributed by atoms with E-state index in [1.54, 1.807) is 72.8 Å². The average molecular weight is 1200 g/mol. The number of ether oxygens (including phenoxy) is 9. The lowest BCUT2D eigenvalue weighted by molar-refractivity contribution is -0.302. The summed E-state index contributed by atoms with van der Waals surface area (Å²) in [6.45, 7) is 0.754. The zero-order valence-corrected chi connectivity index (χ0v) is 47.7. The molecule has 0 radical (unpaired) electrons. The first-order valence-electron chi connectivity index (χ1n) is 28.2. The van der Waals surface area contributed by atoms with Crippen molar-refractivity contribution in [3.05, 3.63) is 232 Å². The van der Waals surface area contributed by atoms with Gasteiger partial charge < -0.3 is 42.6 Å². The van der Waals surface area contributed by atoms with Crippen molar-refractivity contribution in [3.8, 4) is 11.1 Å². The van der Waals surface area contributed by atoms with Crippen molar-refractivity contribution in [2.45, 2.75) is 98.3 Å². The van der Waals surface area contributed by atoms with Crippen LogP contribution in [0.3, 0.4) is 0 Å². The van der Waals surface area contributed by atoms with E-state index in [0.29, 0.717) is 16.0 Å². The molecule has 0 aromatic heterocycles. The van der Waals surface area contributed by atoms with Crippen LogP contribution in [0.2, 0.25) is 0 Å². The number of esters is 2. The van der Waals surface area contributed by atoms with Crippen molar-refractivity contribution in [3.63, 3.8) is 0 Å². The summed E-state index contributed by atoms with van der Waals surface area (Å²) in [6.07, 6.45) is -11.5. The maximum absolute atomic E-state index is 14.8. The van der Waals surface area contributed by atoms with Crippen LogP contribution in [0.25, 0.3) is 11.1 Å². The number of hydrogen-bond acceptors (Lipinski definition) is 17. The summed E-state index contributed by atoms with van der Waals surface area (Å²) in [5.41, 5.74) is 4.27. The molecule has 12 rings (SSSR count). The van der Waals surface area contributed by atoms with Gasteiger partial charge in [0.15, 0.2) is 18.5 Å². The van der Waals surface area contributed by atoms with E-state index in [0.717, 1.165) is 57.7 Å². The second kappa shape index (κ2) is 25.6. The van der Waals surface area contributed by atoms with Gasteiger partial charge in [-0.05, 0) is 81.9 Å². The molecule has 2 saturated heterocycles. The molecule has 444 valence electrons. The van der Waals surface area contributed by atoms with Crippen LogP contribution in [0, 0.1) is 5.82 Å². The summed E-state index contributed by atoms with van der Waals surface area (Å²) >= 11 is 1.00. The lowest BCUT2D eigenvalue weighted by Crippen LogP contribution is -2.68. The third-order valence-electron chi connectivity index (χ3n) is 15.8. The Morgan fingerprint density at radius 2 is 0.874 bits per heavy atom. The number of hydrogen-bond donors (Lipinski definition) is 0. The second-order valence-corrected chi connectivity index (χ2v) is 22.5. The van der Waals surface area contributed by atoms with Gasteiger partial charge in [0, 0.05) is 24.7 Å². The van der Waals surface area contributed by atoms with Crippen LogP contribution >= 0.6 is 11.8 Å². The van der Waals surface area contributed by atoms with E-state index in [9.17, 15) is 38.0 Å². The van der Waals surface area contributed by atoms with Gasteiger partial charge in [0.1, 0.15) is 61.0 Å². The van der Waals surface area contributed by atoms with E-state index >= 15 is 0 Å². The fraction of sp³-hybridized carbons (Fsp3) is 0.269. The molecule has 5 aliphatic rings. The number of imide groups is 2. The Morgan fingerprint density at radius 1 is 0.460 bits per heavy atom. The summed E-state index contributed by atoms with van der Waals surface area (Å²) in [5.74, 6) is -5.47. The topological polar surface area (TPSA) is 209 Å². The molecule has 0 unspecified atom stereocenters. The third-order valence-corrected chi connectivity index (χ3v) is 17.0. The van der Waals surface area contributed by atoms with E-state index in [1.807, 2.05) is 60.7 Å². The Labute approximate surface area is 503 Å². The van der Waals surface area contributed by atoms with Gasteiger partial charge in [0.2, 0.25) is 0 Å². The molecule has 0 saturated carbocycles. The molecule has 4 amide bonds. The molecule has 20 heteroatoms. The average Bonchev–Trinajstić information content (AvgIpc) is 2.10. The normalized spacial score (nSPS) is 23.8.